The monoisotopic (exact) mass is 483 g/mol. The average molecular weight is 484 g/mol. The maximum Gasteiger partial charge on any atom is 0.232 e. The molecule has 7 nitrogen and oxygen atoms in total. The van der Waals surface area contributed by atoms with Crippen LogP contribution in [0.1, 0.15) is 45.4 Å². The summed E-state index contributed by atoms with van der Waals surface area (Å²) in [5.41, 5.74) is 0.560. The van der Waals surface area contributed by atoms with Crippen LogP contribution in [0.5, 0.6) is 0 Å². The first-order valence-corrected chi connectivity index (χ1v) is 12.2. The van der Waals surface area contributed by atoms with E-state index < -0.39 is 0 Å². The number of nitrogens with zero attached hydrogens (tertiary/aromatic N) is 3. The summed E-state index contributed by atoms with van der Waals surface area (Å²) in [6.45, 7) is 4.75. The van der Waals surface area contributed by atoms with Gasteiger partial charge in [-0.3, -0.25) is 9.59 Å². The maximum absolute atomic E-state index is 12.4. The molecule has 1 saturated carbocycles. The minimum atomic E-state index is -0.235. The Kier molecular flexibility index (Phi) is 8.63. The number of anilines is 1. The molecule has 2 atom stereocenters. The first-order chi connectivity index (χ1) is 14.9. The maximum atomic E-state index is 12.4. The average Bonchev–Trinajstić information content (AvgIpc) is 3.12. The van der Waals surface area contributed by atoms with Crippen LogP contribution >= 0.6 is 35.0 Å². The summed E-state index contributed by atoms with van der Waals surface area (Å²) < 4.78 is 1.86. The van der Waals surface area contributed by atoms with Gasteiger partial charge in [-0.1, -0.05) is 54.7 Å². The van der Waals surface area contributed by atoms with Gasteiger partial charge in [0.1, 0.15) is 5.82 Å². The molecule has 0 radical (unpaired) electrons. The number of rotatable bonds is 8. The van der Waals surface area contributed by atoms with Crippen LogP contribution in [0.15, 0.2) is 23.4 Å². The summed E-state index contributed by atoms with van der Waals surface area (Å²) >= 11 is 13.2. The smallest absolute Gasteiger partial charge is 0.232 e. The molecule has 2 N–H and O–H groups in total. The van der Waals surface area contributed by atoms with E-state index in [1.54, 1.807) is 18.2 Å². The molecule has 1 aromatic heterocycles. The van der Waals surface area contributed by atoms with Crippen LogP contribution in [0.25, 0.3) is 0 Å². The van der Waals surface area contributed by atoms with Gasteiger partial charge in [0.25, 0.3) is 0 Å². The summed E-state index contributed by atoms with van der Waals surface area (Å²) in [5, 5.41) is 15.7. The summed E-state index contributed by atoms with van der Waals surface area (Å²) in [4.78, 5) is 24.8. The normalized spacial score (nSPS) is 18.6. The van der Waals surface area contributed by atoms with Gasteiger partial charge in [0.05, 0.1) is 22.2 Å². The zero-order valence-electron chi connectivity index (χ0n) is 17.7. The summed E-state index contributed by atoms with van der Waals surface area (Å²) in [7, 11) is 0. The minimum Gasteiger partial charge on any atom is -0.352 e. The predicted octanol–water partition coefficient (Wildman–Crippen LogP) is 4.57. The molecule has 1 aliphatic carbocycles. The van der Waals surface area contributed by atoms with Crippen molar-refractivity contribution >= 4 is 52.5 Å². The number of nitrogens with one attached hydrogen (secondary N) is 2. The standard InChI is InChI=1S/C21H27Cl2N5O2S/c1-3-28-18(11-19(29)24-14-8-9-15(22)16(23)10-14)26-27-21(28)31-12-20(30)25-17-7-5-4-6-13(17)2/h8-10,13,17H,3-7,11-12H2,1-2H3,(H,24,29)(H,25,30)/t13-,17+/m1/s1. The third-order valence-electron chi connectivity index (χ3n) is 5.42. The highest BCUT2D eigenvalue weighted by molar-refractivity contribution is 7.99. The molecule has 1 fully saturated rings. The first kappa shape index (κ1) is 23.9. The zero-order valence-corrected chi connectivity index (χ0v) is 20.0. The fourth-order valence-corrected chi connectivity index (χ4v) is 4.84. The molecule has 0 saturated heterocycles. The first-order valence-electron chi connectivity index (χ1n) is 10.5. The van der Waals surface area contributed by atoms with E-state index in [0.717, 1.165) is 12.8 Å². The molecule has 3 rings (SSSR count). The second kappa shape index (κ2) is 11.2. The number of halogens is 2. The molecule has 1 aromatic carbocycles. The van der Waals surface area contributed by atoms with Crippen molar-refractivity contribution in [3.63, 3.8) is 0 Å². The lowest BCUT2D eigenvalue weighted by Gasteiger charge is -2.29. The lowest BCUT2D eigenvalue weighted by molar-refractivity contribution is -0.120. The van der Waals surface area contributed by atoms with Gasteiger partial charge in [-0.05, 0) is 43.9 Å². The molecule has 2 amide bonds. The number of carbonyl (C=O) groups excluding carboxylic acids is 2. The Balaban J connectivity index is 1.55. The van der Waals surface area contributed by atoms with Crippen molar-refractivity contribution in [1.82, 2.24) is 20.1 Å². The quantitative estimate of drug-likeness (QED) is 0.536. The molecular weight excluding hydrogens is 457 g/mol. The second-order valence-electron chi connectivity index (χ2n) is 7.72. The van der Waals surface area contributed by atoms with Crippen molar-refractivity contribution in [2.24, 2.45) is 5.92 Å². The van der Waals surface area contributed by atoms with Crippen molar-refractivity contribution in [1.29, 1.82) is 0 Å². The van der Waals surface area contributed by atoms with Crippen molar-refractivity contribution in [2.45, 2.75) is 63.7 Å². The van der Waals surface area contributed by atoms with Crippen LogP contribution in [-0.2, 0) is 22.6 Å². The molecule has 0 spiro atoms. The van der Waals surface area contributed by atoms with Crippen LogP contribution in [0, 0.1) is 5.92 Å². The van der Waals surface area contributed by atoms with Crippen molar-refractivity contribution < 1.29 is 9.59 Å². The van der Waals surface area contributed by atoms with Gasteiger partial charge < -0.3 is 15.2 Å². The molecule has 2 aromatic rings. The molecule has 168 valence electrons. The van der Waals surface area contributed by atoms with E-state index in [1.165, 1.54) is 24.6 Å². The minimum absolute atomic E-state index is 0.00770. The largest absolute Gasteiger partial charge is 0.352 e. The highest BCUT2D eigenvalue weighted by Gasteiger charge is 2.23. The molecule has 1 aliphatic rings. The van der Waals surface area contributed by atoms with Gasteiger partial charge >= 0.3 is 0 Å². The SMILES string of the molecule is CCn1c(CC(=O)Nc2ccc(Cl)c(Cl)c2)nnc1SCC(=O)N[C@H]1CCCC[C@H]1C. The van der Waals surface area contributed by atoms with Crippen molar-refractivity contribution in [2.75, 3.05) is 11.1 Å². The van der Waals surface area contributed by atoms with Gasteiger partial charge in [-0.15, -0.1) is 10.2 Å². The van der Waals surface area contributed by atoms with E-state index in [0.29, 0.717) is 39.2 Å². The predicted molar refractivity (Wildman–Crippen MR) is 125 cm³/mol. The molecule has 0 bridgehead atoms. The fourth-order valence-electron chi connectivity index (χ4n) is 3.71. The third-order valence-corrected chi connectivity index (χ3v) is 7.13. The number of aromatic nitrogens is 3. The van der Waals surface area contributed by atoms with E-state index >= 15 is 0 Å². The van der Waals surface area contributed by atoms with E-state index in [2.05, 4.69) is 27.8 Å². The molecular formula is C21H27Cl2N5O2S. The topological polar surface area (TPSA) is 88.9 Å². The highest BCUT2D eigenvalue weighted by Crippen LogP contribution is 2.26. The Hall–Kier alpha value is -1.77. The van der Waals surface area contributed by atoms with E-state index in [-0.39, 0.29) is 30.0 Å². The number of hydrogen-bond donors (Lipinski definition) is 2. The van der Waals surface area contributed by atoms with E-state index in [4.69, 9.17) is 23.2 Å². The summed E-state index contributed by atoms with van der Waals surface area (Å²) in [5.74, 6) is 1.11. The Morgan fingerprint density at radius 2 is 1.94 bits per heavy atom. The van der Waals surface area contributed by atoms with Crippen molar-refractivity contribution in [3.8, 4) is 0 Å². The van der Waals surface area contributed by atoms with Crippen LogP contribution in [0.3, 0.4) is 0 Å². The van der Waals surface area contributed by atoms with Crippen LogP contribution in [0.2, 0.25) is 10.0 Å². The Labute approximate surface area is 196 Å². The Bertz CT molecular complexity index is 936. The second-order valence-corrected chi connectivity index (χ2v) is 9.48. The zero-order chi connectivity index (χ0) is 22.4. The Morgan fingerprint density at radius 1 is 1.16 bits per heavy atom. The molecule has 10 heteroatoms. The lowest BCUT2D eigenvalue weighted by atomic mass is 9.86. The highest BCUT2D eigenvalue weighted by atomic mass is 35.5. The van der Waals surface area contributed by atoms with Crippen LogP contribution in [-0.4, -0.2) is 38.4 Å². The molecule has 0 aliphatic heterocycles. The van der Waals surface area contributed by atoms with Gasteiger partial charge in [-0.25, -0.2) is 0 Å². The van der Waals surface area contributed by atoms with Crippen molar-refractivity contribution in [3.05, 3.63) is 34.1 Å². The van der Waals surface area contributed by atoms with Gasteiger partial charge in [-0.2, -0.15) is 0 Å². The summed E-state index contributed by atoms with van der Waals surface area (Å²) in [6, 6.07) is 5.16. The third kappa shape index (κ3) is 6.60. The number of amides is 2. The Morgan fingerprint density at radius 3 is 2.65 bits per heavy atom. The van der Waals surface area contributed by atoms with Gasteiger partial charge in [0.2, 0.25) is 11.8 Å². The van der Waals surface area contributed by atoms with Gasteiger partial charge in [0, 0.05) is 18.3 Å². The fraction of sp³-hybridized carbons (Fsp3) is 0.524. The molecule has 1 heterocycles. The molecule has 0 unspecified atom stereocenters. The number of thioether (sulfide) groups is 1. The number of carbonyl (C=O) groups is 2. The molecule has 31 heavy (non-hydrogen) atoms. The number of hydrogen-bond acceptors (Lipinski definition) is 5. The van der Waals surface area contributed by atoms with E-state index in [9.17, 15) is 9.59 Å². The number of benzene rings is 1. The van der Waals surface area contributed by atoms with Crippen LogP contribution < -0.4 is 10.6 Å². The van der Waals surface area contributed by atoms with Crippen LogP contribution in [0.4, 0.5) is 5.69 Å². The lowest BCUT2D eigenvalue weighted by Crippen LogP contribution is -2.41. The van der Waals surface area contributed by atoms with E-state index in [1.807, 2.05) is 11.5 Å². The van der Waals surface area contributed by atoms with Gasteiger partial charge in [0.15, 0.2) is 5.16 Å². The summed E-state index contributed by atoms with van der Waals surface area (Å²) in [6.07, 6.45) is 4.67.